The smallest absolute Gasteiger partial charge is 0.0884 e. The fourth-order valence-corrected chi connectivity index (χ4v) is 1.92. The fraction of sp³-hybridized carbons (Fsp3) is 0.583. The Balaban J connectivity index is 3.07. The molecule has 0 bridgehead atoms. The highest BCUT2D eigenvalue weighted by molar-refractivity contribution is 6.03. The lowest BCUT2D eigenvalue weighted by atomic mass is 9.83. The minimum atomic E-state index is 0.307. The van der Waals surface area contributed by atoms with Crippen molar-refractivity contribution in [3.8, 4) is 11.8 Å². The van der Waals surface area contributed by atoms with Gasteiger partial charge in [-0.2, -0.15) is 0 Å². The van der Waals surface area contributed by atoms with Crippen molar-refractivity contribution < 1.29 is 0 Å². The second kappa shape index (κ2) is 4.28. The van der Waals surface area contributed by atoms with E-state index >= 15 is 0 Å². The maximum absolute atomic E-state index is 7.74. The van der Waals surface area contributed by atoms with Crippen LogP contribution in [0.1, 0.15) is 40.0 Å². The van der Waals surface area contributed by atoms with Crippen molar-refractivity contribution in [3.63, 3.8) is 0 Å². The first kappa shape index (κ1) is 10.1. The second-order valence-corrected chi connectivity index (χ2v) is 3.34. The Bertz CT molecular complexity index is 299. The summed E-state index contributed by atoms with van der Waals surface area (Å²) in [6.07, 6.45) is 3.07. The van der Waals surface area contributed by atoms with Crippen LogP contribution in [0.25, 0.3) is 0 Å². The van der Waals surface area contributed by atoms with Crippen molar-refractivity contribution >= 4 is 5.71 Å². The molecule has 0 aromatic heterocycles. The Labute approximate surface area is 80.7 Å². The van der Waals surface area contributed by atoms with Gasteiger partial charge in [0.2, 0.25) is 0 Å². The minimum absolute atomic E-state index is 0.307. The minimum Gasteiger partial charge on any atom is -0.296 e. The standard InChI is InChI=1S/C12H17N/c1-4-9-7-8-12(13)11(6-3)10(9)5-2/h11,13H,4-6H2,1-3H3. The molecule has 0 aromatic rings. The molecule has 0 heterocycles. The van der Waals surface area contributed by atoms with Crippen LogP contribution in [0.2, 0.25) is 0 Å². The number of nitrogens with one attached hydrogen (secondary N) is 1. The van der Waals surface area contributed by atoms with E-state index in [0.717, 1.165) is 19.3 Å². The van der Waals surface area contributed by atoms with Crippen LogP contribution in [-0.2, 0) is 0 Å². The third-order valence-electron chi connectivity index (χ3n) is 2.65. The van der Waals surface area contributed by atoms with Crippen molar-refractivity contribution in [3.05, 3.63) is 11.1 Å². The number of allylic oxidation sites excluding steroid dienone is 2. The molecule has 0 aliphatic heterocycles. The highest BCUT2D eigenvalue weighted by Crippen LogP contribution is 2.26. The third-order valence-corrected chi connectivity index (χ3v) is 2.65. The van der Waals surface area contributed by atoms with E-state index in [0.29, 0.717) is 11.6 Å². The summed E-state index contributed by atoms with van der Waals surface area (Å²) in [4.78, 5) is 0. The first-order valence-electron chi connectivity index (χ1n) is 5.06. The van der Waals surface area contributed by atoms with Crippen LogP contribution in [0, 0.1) is 23.2 Å². The first-order valence-corrected chi connectivity index (χ1v) is 5.06. The molecule has 0 amide bonds. The lowest BCUT2D eigenvalue weighted by Crippen LogP contribution is -2.18. The molecule has 0 saturated carbocycles. The van der Waals surface area contributed by atoms with Gasteiger partial charge in [-0.1, -0.05) is 26.7 Å². The summed E-state index contributed by atoms with van der Waals surface area (Å²) in [6.45, 7) is 6.43. The van der Waals surface area contributed by atoms with Crippen molar-refractivity contribution in [1.82, 2.24) is 0 Å². The number of rotatable bonds is 3. The average Bonchev–Trinajstić information content (AvgIpc) is 2.17. The van der Waals surface area contributed by atoms with Gasteiger partial charge in [0.15, 0.2) is 0 Å². The molecule has 13 heavy (non-hydrogen) atoms. The summed E-state index contributed by atoms with van der Waals surface area (Å²) in [6, 6.07) is 0. The molecular weight excluding hydrogens is 158 g/mol. The molecule has 0 radical (unpaired) electrons. The van der Waals surface area contributed by atoms with E-state index in [-0.39, 0.29) is 0 Å². The largest absolute Gasteiger partial charge is 0.296 e. The zero-order valence-corrected chi connectivity index (χ0v) is 8.70. The molecule has 1 nitrogen and oxygen atoms in total. The van der Waals surface area contributed by atoms with Gasteiger partial charge in [-0.05, 0) is 30.8 Å². The van der Waals surface area contributed by atoms with Gasteiger partial charge in [0, 0.05) is 11.5 Å². The molecule has 1 N–H and O–H groups in total. The maximum atomic E-state index is 7.74. The predicted molar refractivity (Wildman–Crippen MR) is 56.9 cm³/mol. The Morgan fingerprint density at radius 2 is 1.85 bits per heavy atom. The Morgan fingerprint density at radius 3 is 2.31 bits per heavy atom. The van der Waals surface area contributed by atoms with E-state index < -0.39 is 0 Å². The molecule has 1 rings (SSSR count). The van der Waals surface area contributed by atoms with Crippen LogP contribution >= 0.6 is 0 Å². The molecule has 0 aromatic carbocycles. The molecule has 1 unspecified atom stereocenters. The maximum Gasteiger partial charge on any atom is 0.0884 e. The van der Waals surface area contributed by atoms with Crippen LogP contribution in [0.3, 0.4) is 0 Å². The Morgan fingerprint density at radius 1 is 1.15 bits per heavy atom. The normalized spacial score (nSPS) is 21.5. The van der Waals surface area contributed by atoms with Crippen molar-refractivity contribution in [1.29, 1.82) is 5.41 Å². The SMILES string of the molecule is CCC1=C(CC)C(CC)C(=N)C#C1. The summed E-state index contributed by atoms with van der Waals surface area (Å²) in [5.41, 5.74) is 3.27. The van der Waals surface area contributed by atoms with Gasteiger partial charge in [-0.3, -0.25) is 5.41 Å². The monoisotopic (exact) mass is 175 g/mol. The van der Waals surface area contributed by atoms with Gasteiger partial charge in [0.05, 0.1) is 5.71 Å². The third kappa shape index (κ3) is 1.83. The molecule has 0 spiro atoms. The Kier molecular flexibility index (Phi) is 3.31. The van der Waals surface area contributed by atoms with Crippen LogP contribution in [0.4, 0.5) is 0 Å². The molecule has 0 fully saturated rings. The van der Waals surface area contributed by atoms with Crippen molar-refractivity contribution in [2.24, 2.45) is 5.92 Å². The van der Waals surface area contributed by atoms with Gasteiger partial charge in [-0.15, -0.1) is 0 Å². The lowest BCUT2D eigenvalue weighted by Gasteiger charge is -2.21. The summed E-state index contributed by atoms with van der Waals surface area (Å²) < 4.78 is 0. The molecule has 1 aliphatic carbocycles. The molecule has 1 atom stereocenters. The summed E-state index contributed by atoms with van der Waals surface area (Å²) in [5, 5.41) is 7.74. The topological polar surface area (TPSA) is 23.9 Å². The van der Waals surface area contributed by atoms with Gasteiger partial charge >= 0.3 is 0 Å². The second-order valence-electron chi connectivity index (χ2n) is 3.34. The highest BCUT2D eigenvalue weighted by Gasteiger charge is 2.20. The average molecular weight is 175 g/mol. The van der Waals surface area contributed by atoms with Crippen molar-refractivity contribution in [2.75, 3.05) is 0 Å². The Hall–Kier alpha value is -1.03. The summed E-state index contributed by atoms with van der Waals surface area (Å²) >= 11 is 0. The zero-order chi connectivity index (χ0) is 9.84. The molecule has 1 aliphatic rings. The summed E-state index contributed by atoms with van der Waals surface area (Å²) in [5.74, 6) is 6.32. The van der Waals surface area contributed by atoms with Crippen molar-refractivity contribution in [2.45, 2.75) is 40.0 Å². The van der Waals surface area contributed by atoms with Crippen LogP contribution in [-0.4, -0.2) is 5.71 Å². The molecular formula is C12H17N. The van der Waals surface area contributed by atoms with Gasteiger partial charge < -0.3 is 0 Å². The first-order chi connectivity index (χ1) is 6.24. The molecule has 0 saturated heterocycles. The van der Waals surface area contributed by atoms with Crippen LogP contribution < -0.4 is 0 Å². The van der Waals surface area contributed by atoms with Crippen LogP contribution in [0.5, 0.6) is 0 Å². The van der Waals surface area contributed by atoms with E-state index in [1.165, 1.54) is 11.1 Å². The molecule has 1 heteroatoms. The predicted octanol–water partition coefficient (Wildman–Crippen LogP) is 3.17. The van der Waals surface area contributed by atoms with Gasteiger partial charge in [0.25, 0.3) is 0 Å². The quantitative estimate of drug-likeness (QED) is 0.637. The van der Waals surface area contributed by atoms with E-state index in [4.69, 9.17) is 5.41 Å². The van der Waals surface area contributed by atoms with E-state index in [1.807, 2.05) is 0 Å². The van der Waals surface area contributed by atoms with Crippen LogP contribution in [0.15, 0.2) is 11.1 Å². The number of hydrogen-bond donors (Lipinski definition) is 1. The zero-order valence-electron chi connectivity index (χ0n) is 8.70. The lowest BCUT2D eigenvalue weighted by molar-refractivity contribution is 0.721. The van der Waals surface area contributed by atoms with Gasteiger partial charge in [-0.25, -0.2) is 0 Å². The van der Waals surface area contributed by atoms with E-state index in [1.54, 1.807) is 0 Å². The van der Waals surface area contributed by atoms with E-state index in [9.17, 15) is 0 Å². The highest BCUT2D eigenvalue weighted by atomic mass is 14.4. The molecule has 70 valence electrons. The summed E-state index contributed by atoms with van der Waals surface area (Å²) in [7, 11) is 0. The van der Waals surface area contributed by atoms with Gasteiger partial charge in [0.1, 0.15) is 0 Å². The van der Waals surface area contributed by atoms with E-state index in [2.05, 4.69) is 32.6 Å². The fourth-order valence-electron chi connectivity index (χ4n) is 1.92. The number of hydrogen-bond acceptors (Lipinski definition) is 1.